The van der Waals surface area contributed by atoms with Gasteiger partial charge in [-0.15, -0.1) is 11.3 Å². The predicted molar refractivity (Wildman–Crippen MR) is 144 cm³/mol. The lowest BCUT2D eigenvalue weighted by atomic mass is 10.1. The van der Waals surface area contributed by atoms with Crippen molar-refractivity contribution in [1.82, 2.24) is 0 Å². The Balaban J connectivity index is 1.46. The lowest BCUT2D eigenvalue weighted by Crippen LogP contribution is -2.08. The Labute approximate surface area is 223 Å². The molecule has 0 atom stereocenters. The van der Waals surface area contributed by atoms with Crippen LogP contribution in [0.5, 0.6) is 11.5 Å². The molecule has 9 heteroatoms. The van der Waals surface area contributed by atoms with E-state index in [2.05, 4.69) is 20.9 Å². The molecule has 0 N–H and O–H groups in total. The number of cyclic esters (lactones) is 1. The Morgan fingerprint density at radius 1 is 1.11 bits per heavy atom. The summed E-state index contributed by atoms with van der Waals surface area (Å²) < 4.78 is 17.9. The van der Waals surface area contributed by atoms with Crippen molar-refractivity contribution in [1.29, 1.82) is 0 Å². The normalized spacial score (nSPS) is 14.2. The minimum absolute atomic E-state index is 0.0755. The molecule has 1 aromatic heterocycles. The molecule has 5 rings (SSSR count). The molecule has 0 saturated carbocycles. The van der Waals surface area contributed by atoms with Crippen molar-refractivity contribution < 1.29 is 23.8 Å². The van der Waals surface area contributed by atoms with Crippen LogP contribution in [0.1, 0.15) is 26.4 Å². The quantitative estimate of drug-likeness (QED) is 0.141. The van der Waals surface area contributed by atoms with Crippen LogP contribution in [-0.4, -0.2) is 24.9 Å². The first kappa shape index (κ1) is 24.2. The summed E-state index contributed by atoms with van der Waals surface area (Å²) in [5.41, 5.74) is 2.24. The maximum absolute atomic E-state index is 13.1. The molecular formula is C27H17BrClNO5S. The van der Waals surface area contributed by atoms with Gasteiger partial charge in [-0.2, -0.15) is 0 Å². The highest BCUT2D eigenvalue weighted by molar-refractivity contribution is 9.10. The number of aliphatic imine (C=N–C) groups is 1. The minimum Gasteiger partial charge on any atom is -0.497 e. The lowest BCUT2D eigenvalue weighted by molar-refractivity contribution is -0.129. The Hall–Kier alpha value is -3.46. The Morgan fingerprint density at radius 2 is 1.89 bits per heavy atom. The van der Waals surface area contributed by atoms with Crippen LogP contribution < -0.4 is 9.47 Å². The number of fused-ring (bicyclic) bond motifs is 1. The number of methoxy groups -OCH3 is 1. The number of halogens is 2. The number of hydrogen-bond donors (Lipinski definition) is 0. The van der Waals surface area contributed by atoms with Gasteiger partial charge in [-0.25, -0.2) is 14.6 Å². The Bertz CT molecular complexity index is 1590. The second-order valence-electron chi connectivity index (χ2n) is 7.88. The molecule has 0 aliphatic carbocycles. The molecule has 4 aromatic rings. The first-order valence-electron chi connectivity index (χ1n) is 10.7. The van der Waals surface area contributed by atoms with Crippen LogP contribution in [0.2, 0.25) is 5.02 Å². The van der Waals surface area contributed by atoms with Gasteiger partial charge in [0.15, 0.2) is 5.70 Å². The van der Waals surface area contributed by atoms with E-state index < -0.39 is 11.9 Å². The van der Waals surface area contributed by atoms with Crippen LogP contribution in [0.3, 0.4) is 0 Å². The molecule has 0 saturated heterocycles. The monoisotopic (exact) mass is 581 g/mol. The highest BCUT2D eigenvalue weighted by Crippen LogP contribution is 2.37. The third kappa shape index (κ3) is 4.80. The summed E-state index contributed by atoms with van der Waals surface area (Å²) in [6.45, 7) is 1.98. The van der Waals surface area contributed by atoms with Gasteiger partial charge in [-0.3, -0.25) is 0 Å². The maximum Gasteiger partial charge on any atom is 0.363 e. The van der Waals surface area contributed by atoms with Crippen molar-refractivity contribution in [3.63, 3.8) is 0 Å². The lowest BCUT2D eigenvalue weighted by Gasteiger charge is -2.08. The first-order valence-corrected chi connectivity index (χ1v) is 12.7. The highest BCUT2D eigenvalue weighted by atomic mass is 79.9. The van der Waals surface area contributed by atoms with Crippen LogP contribution in [0.15, 0.2) is 75.8 Å². The van der Waals surface area contributed by atoms with Gasteiger partial charge < -0.3 is 14.2 Å². The van der Waals surface area contributed by atoms with E-state index >= 15 is 0 Å². The number of ether oxygens (including phenoxy) is 3. The van der Waals surface area contributed by atoms with Gasteiger partial charge in [0, 0.05) is 25.7 Å². The summed E-state index contributed by atoms with van der Waals surface area (Å²) in [5.74, 6) is -0.0942. The molecular weight excluding hydrogens is 566 g/mol. The summed E-state index contributed by atoms with van der Waals surface area (Å²) in [6.07, 6.45) is 1.52. The number of carbonyl (C=O) groups excluding carboxylic acids is 2. The molecule has 0 unspecified atom stereocenters. The average Bonchev–Trinajstić information content (AvgIpc) is 3.39. The molecule has 1 aliphatic rings. The van der Waals surface area contributed by atoms with Gasteiger partial charge in [-0.05, 0) is 67.1 Å². The fourth-order valence-electron chi connectivity index (χ4n) is 3.59. The van der Waals surface area contributed by atoms with E-state index in [1.165, 1.54) is 17.4 Å². The van der Waals surface area contributed by atoms with Gasteiger partial charge in [0.1, 0.15) is 16.4 Å². The van der Waals surface area contributed by atoms with Crippen molar-refractivity contribution >= 4 is 72.9 Å². The number of nitrogens with zero attached hydrogens (tertiary/aromatic N) is 1. The van der Waals surface area contributed by atoms with Crippen LogP contribution in [0, 0.1) is 6.92 Å². The van der Waals surface area contributed by atoms with Gasteiger partial charge in [0.05, 0.1) is 12.1 Å². The Morgan fingerprint density at radius 3 is 2.64 bits per heavy atom. The molecule has 0 amide bonds. The molecule has 0 spiro atoms. The zero-order valence-corrected chi connectivity index (χ0v) is 22.2. The first-order chi connectivity index (χ1) is 17.3. The fourth-order valence-corrected chi connectivity index (χ4v) is 5.45. The van der Waals surface area contributed by atoms with E-state index in [0.29, 0.717) is 26.8 Å². The van der Waals surface area contributed by atoms with E-state index in [4.69, 9.17) is 25.8 Å². The summed E-state index contributed by atoms with van der Waals surface area (Å²) in [5, 5.41) is 1.15. The number of benzene rings is 3. The third-order valence-corrected chi connectivity index (χ3v) is 7.53. The second-order valence-corrected chi connectivity index (χ2v) is 10.2. The van der Waals surface area contributed by atoms with Gasteiger partial charge in [0.2, 0.25) is 5.90 Å². The van der Waals surface area contributed by atoms with E-state index in [1.807, 2.05) is 25.1 Å². The summed E-state index contributed by atoms with van der Waals surface area (Å²) in [7, 11) is 1.57. The molecule has 3 aromatic carbocycles. The second kappa shape index (κ2) is 9.89. The van der Waals surface area contributed by atoms with Gasteiger partial charge >= 0.3 is 11.9 Å². The summed E-state index contributed by atoms with van der Waals surface area (Å²) in [4.78, 5) is 30.2. The number of aryl methyl sites for hydroxylation is 1. The average molecular weight is 583 g/mol. The zero-order valence-electron chi connectivity index (χ0n) is 19.0. The Kier molecular flexibility index (Phi) is 6.66. The van der Waals surface area contributed by atoms with Gasteiger partial charge in [0.25, 0.3) is 0 Å². The topological polar surface area (TPSA) is 74.2 Å². The molecule has 0 fully saturated rings. The van der Waals surface area contributed by atoms with E-state index in [0.717, 1.165) is 20.1 Å². The van der Waals surface area contributed by atoms with Crippen molar-refractivity contribution in [3.8, 4) is 11.5 Å². The zero-order chi connectivity index (χ0) is 25.4. The molecule has 1 aliphatic heterocycles. The molecule has 6 nitrogen and oxygen atoms in total. The van der Waals surface area contributed by atoms with Crippen LogP contribution >= 0.6 is 38.9 Å². The van der Waals surface area contributed by atoms with Crippen molar-refractivity contribution in [2.45, 2.75) is 6.92 Å². The van der Waals surface area contributed by atoms with Crippen molar-refractivity contribution in [2.75, 3.05) is 7.11 Å². The van der Waals surface area contributed by atoms with Gasteiger partial charge in [-0.1, -0.05) is 39.7 Å². The fraction of sp³-hybridized carbons (Fsp3) is 0.0741. The SMILES string of the molecule is COc1ccc(C2=N/C(=C/c3cc(Br)ccc3OC(=O)c3sc4cc(C)ccc4c3Cl)C(=O)O2)cc1. The third-order valence-electron chi connectivity index (χ3n) is 5.39. The smallest absolute Gasteiger partial charge is 0.363 e. The highest BCUT2D eigenvalue weighted by Gasteiger charge is 2.25. The molecule has 180 valence electrons. The van der Waals surface area contributed by atoms with E-state index in [9.17, 15) is 9.59 Å². The number of esters is 2. The van der Waals surface area contributed by atoms with Crippen LogP contribution in [-0.2, 0) is 9.53 Å². The molecule has 0 bridgehead atoms. The molecule has 2 heterocycles. The van der Waals surface area contributed by atoms with Crippen LogP contribution in [0.4, 0.5) is 0 Å². The summed E-state index contributed by atoms with van der Waals surface area (Å²) >= 11 is 11.2. The van der Waals surface area contributed by atoms with Crippen molar-refractivity contribution in [3.05, 3.63) is 97.4 Å². The molecule has 36 heavy (non-hydrogen) atoms. The van der Waals surface area contributed by atoms with Crippen LogP contribution in [0.25, 0.3) is 16.2 Å². The van der Waals surface area contributed by atoms with E-state index in [1.54, 1.807) is 49.6 Å². The number of rotatable bonds is 5. The predicted octanol–water partition coefficient (Wildman–Crippen LogP) is 7.20. The standard InChI is InChI=1S/C27H17BrClNO5S/c1-14-3-9-19-22(11-14)36-24(23(19)29)27(32)34-21-10-6-17(28)12-16(21)13-20-26(31)35-25(30-20)15-4-7-18(33-2)8-5-15/h3-13H,1-2H3/b20-13+. The van der Waals surface area contributed by atoms with Crippen molar-refractivity contribution in [2.24, 2.45) is 4.99 Å². The number of thiophene rings is 1. The summed E-state index contributed by atoms with van der Waals surface area (Å²) in [6, 6.07) is 17.9. The number of hydrogen-bond acceptors (Lipinski definition) is 7. The minimum atomic E-state index is -0.610. The largest absolute Gasteiger partial charge is 0.497 e. The maximum atomic E-state index is 13.1. The van der Waals surface area contributed by atoms with E-state index in [-0.39, 0.29) is 17.3 Å². The number of carbonyl (C=O) groups is 2. The molecule has 0 radical (unpaired) electrons.